The lowest BCUT2D eigenvalue weighted by Gasteiger charge is -2.21. The second-order valence-electron chi connectivity index (χ2n) is 3.02. The molecule has 1 rings (SSSR count). The number of carbonyl (C=O) groups excluding carboxylic acids is 1. The van der Waals surface area contributed by atoms with Gasteiger partial charge in [-0.1, -0.05) is 6.08 Å². The normalized spacial score (nSPS) is 14.7. The molecule has 1 aliphatic heterocycles. The summed E-state index contributed by atoms with van der Waals surface area (Å²) < 4.78 is 4.96. The molecule has 80 valence electrons. The van der Waals surface area contributed by atoms with Gasteiger partial charge in [0.1, 0.15) is 0 Å². The first-order valence-electron chi connectivity index (χ1n) is 4.36. The van der Waals surface area contributed by atoms with Crippen molar-refractivity contribution in [3.8, 4) is 0 Å². The lowest BCUT2D eigenvalue weighted by atomic mass is 10.1. The molecule has 0 bridgehead atoms. The lowest BCUT2D eigenvalue weighted by Crippen LogP contribution is -2.24. The first-order chi connectivity index (χ1) is 6.24. The highest BCUT2D eigenvalue weighted by atomic mass is 79.9. The summed E-state index contributed by atoms with van der Waals surface area (Å²) >= 11 is 0. The van der Waals surface area contributed by atoms with E-state index in [-0.39, 0.29) is 22.8 Å². The minimum absolute atomic E-state index is 0. The third kappa shape index (κ3) is 4.07. The zero-order valence-electron chi connectivity index (χ0n) is 8.53. The SMILES string of the molecule is Br.COCCN1C=CC(C(C)=O)=CC1. The number of ketones is 1. The Labute approximate surface area is 95.2 Å². The highest BCUT2D eigenvalue weighted by Crippen LogP contribution is 2.07. The van der Waals surface area contributed by atoms with Crippen molar-refractivity contribution >= 4 is 22.8 Å². The highest BCUT2D eigenvalue weighted by Gasteiger charge is 2.06. The fraction of sp³-hybridized carbons (Fsp3) is 0.500. The van der Waals surface area contributed by atoms with E-state index < -0.39 is 0 Å². The van der Waals surface area contributed by atoms with Gasteiger partial charge in [0, 0.05) is 32.0 Å². The predicted octanol–water partition coefficient (Wildman–Crippen LogP) is 1.56. The molecule has 1 heterocycles. The molecule has 0 saturated heterocycles. The molecule has 0 radical (unpaired) electrons. The van der Waals surface area contributed by atoms with E-state index in [1.807, 2.05) is 18.4 Å². The molecule has 0 fully saturated rings. The lowest BCUT2D eigenvalue weighted by molar-refractivity contribution is -0.113. The largest absolute Gasteiger partial charge is 0.383 e. The monoisotopic (exact) mass is 261 g/mol. The van der Waals surface area contributed by atoms with Crippen LogP contribution in [0.5, 0.6) is 0 Å². The molecule has 0 atom stereocenters. The second kappa shape index (κ2) is 6.79. The Balaban J connectivity index is 0.00000169. The van der Waals surface area contributed by atoms with Crippen molar-refractivity contribution < 1.29 is 9.53 Å². The topological polar surface area (TPSA) is 29.5 Å². The number of halogens is 1. The Hall–Kier alpha value is -0.610. The Kier molecular flexibility index (Phi) is 6.49. The first kappa shape index (κ1) is 13.4. The van der Waals surface area contributed by atoms with Gasteiger partial charge in [0.2, 0.25) is 0 Å². The van der Waals surface area contributed by atoms with E-state index >= 15 is 0 Å². The van der Waals surface area contributed by atoms with E-state index in [4.69, 9.17) is 4.74 Å². The smallest absolute Gasteiger partial charge is 0.159 e. The summed E-state index contributed by atoms with van der Waals surface area (Å²) in [6.45, 7) is 3.97. The molecular weight excluding hydrogens is 246 g/mol. The van der Waals surface area contributed by atoms with Crippen LogP contribution in [-0.4, -0.2) is 37.5 Å². The fourth-order valence-corrected chi connectivity index (χ4v) is 1.17. The van der Waals surface area contributed by atoms with E-state index in [2.05, 4.69) is 4.90 Å². The predicted molar refractivity (Wildman–Crippen MR) is 61.7 cm³/mol. The summed E-state index contributed by atoms with van der Waals surface area (Å²) in [4.78, 5) is 13.1. The first-order valence-corrected chi connectivity index (χ1v) is 4.36. The molecule has 1 aliphatic rings. The average molecular weight is 262 g/mol. The van der Waals surface area contributed by atoms with Crippen LogP contribution in [0.25, 0.3) is 0 Å². The number of ether oxygens (including phenoxy) is 1. The Bertz CT molecular complexity index is 249. The number of allylic oxidation sites excluding steroid dienone is 2. The van der Waals surface area contributed by atoms with Crippen molar-refractivity contribution in [3.05, 3.63) is 23.9 Å². The second-order valence-corrected chi connectivity index (χ2v) is 3.02. The van der Waals surface area contributed by atoms with Gasteiger partial charge in [0.15, 0.2) is 5.78 Å². The standard InChI is InChI=1S/C10H15NO2.BrH/c1-9(12)10-3-5-11(6-4-10)7-8-13-2;/h3-5H,6-8H2,1-2H3;1H. The number of Topliss-reactive ketones (excluding diaryl/α,β-unsaturated/α-hetero) is 1. The molecule has 14 heavy (non-hydrogen) atoms. The average Bonchev–Trinajstić information content (AvgIpc) is 2.15. The molecule has 0 aliphatic carbocycles. The molecular formula is C10H16BrNO2. The van der Waals surface area contributed by atoms with Crippen LogP contribution >= 0.6 is 17.0 Å². The molecule has 0 spiro atoms. The van der Waals surface area contributed by atoms with E-state index in [1.54, 1.807) is 14.0 Å². The number of hydrogen-bond donors (Lipinski definition) is 0. The molecule has 0 amide bonds. The maximum atomic E-state index is 11.0. The highest BCUT2D eigenvalue weighted by molar-refractivity contribution is 8.93. The summed E-state index contributed by atoms with van der Waals surface area (Å²) in [6.07, 6.45) is 5.73. The van der Waals surface area contributed by atoms with E-state index in [0.29, 0.717) is 6.61 Å². The van der Waals surface area contributed by atoms with Crippen LogP contribution in [0.2, 0.25) is 0 Å². The molecule has 0 aromatic rings. The van der Waals surface area contributed by atoms with Crippen molar-refractivity contribution in [2.24, 2.45) is 0 Å². The van der Waals surface area contributed by atoms with Crippen molar-refractivity contribution in [1.29, 1.82) is 0 Å². The summed E-state index contributed by atoms with van der Waals surface area (Å²) in [5.74, 6) is 0.127. The molecule has 0 aromatic heterocycles. The quantitative estimate of drug-likeness (QED) is 0.770. The number of nitrogens with zero attached hydrogens (tertiary/aromatic N) is 1. The zero-order valence-corrected chi connectivity index (χ0v) is 10.2. The van der Waals surface area contributed by atoms with E-state index in [0.717, 1.165) is 18.7 Å². The minimum Gasteiger partial charge on any atom is -0.383 e. The van der Waals surface area contributed by atoms with Crippen molar-refractivity contribution in [2.45, 2.75) is 6.92 Å². The summed E-state index contributed by atoms with van der Waals surface area (Å²) in [7, 11) is 1.69. The van der Waals surface area contributed by atoms with Gasteiger partial charge in [-0.05, 0) is 13.0 Å². The maximum Gasteiger partial charge on any atom is 0.159 e. The Morgan fingerprint density at radius 3 is 2.79 bits per heavy atom. The molecule has 0 unspecified atom stereocenters. The van der Waals surface area contributed by atoms with Gasteiger partial charge in [-0.3, -0.25) is 4.79 Å². The van der Waals surface area contributed by atoms with Gasteiger partial charge in [-0.25, -0.2) is 0 Å². The van der Waals surface area contributed by atoms with Crippen LogP contribution in [0.1, 0.15) is 6.92 Å². The van der Waals surface area contributed by atoms with Gasteiger partial charge in [0.05, 0.1) is 6.61 Å². The van der Waals surface area contributed by atoms with E-state index in [9.17, 15) is 4.79 Å². The third-order valence-electron chi connectivity index (χ3n) is 2.00. The molecule has 4 heteroatoms. The van der Waals surface area contributed by atoms with Crippen molar-refractivity contribution in [1.82, 2.24) is 4.90 Å². The minimum atomic E-state index is 0. The van der Waals surface area contributed by atoms with Crippen LogP contribution in [0.4, 0.5) is 0 Å². The van der Waals surface area contributed by atoms with Crippen LogP contribution in [-0.2, 0) is 9.53 Å². The van der Waals surface area contributed by atoms with Crippen LogP contribution in [0.3, 0.4) is 0 Å². The number of carbonyl (C=O) groups is 1. The van der Waals surface area contributed by atoms with Crippen LogP contribution < -0.4 is 0 Å². The van der Waals surface area contributed by atoms with Crippen LogP contribution in [0, 0.1) is 0 Å². The van der Waals surface area contributed by atoms with Gasteiger partial charge in [0.25, 0.3) is 0 Å². The molecule has 0 N–H and O–H groups in total. The number of methoxy groups -OCH3 is 1. The van der Waals surface area contributed by atoms with Gasteiger partial charge in [-0.15, -0.1) is 17.0 Å². The van der Waals surface area contributed by atoms with Crippen molar-refractivity contribution in [3.63, 3.8) is 0 Å². The zero-order chi connectivity index (χ0) is 9.68. The van der Waals surface area contributed by atoms with Gasteiger partial charge in [-0.2, -0.15) is 0 Å². The van der Waals surface area contributed by atoms with Gasteiger partial charge >= 0.3 is 0 Å². The molecule has 0 aromatic carbocycles. The summed E-state index contributed by atoms with van der Waals surface area (Å²) in [6, 6.07) is 0. The number of hydrogen-bond acceptors (Lipinski definition) is 3. The molecule has 0 saturated carbocycles. The Morgan fingerprint density at radius 1 is 1.64 bits per heavy atom. The summed E-state index contributed by atoms with van der Waals surface area (Å²) in [5, 5.41) is 0. The maximum absolute atomic E-state index is 11.0. The fourth-order valence-electron chi connectivity index (χ4n) is 1.17. The summed E-state index contributed by atoms with van der Waals surface area (Å²) in [5.41, 5.74) is 0.800. The van der Waals surface area contributed by atoms with Crippen LogP contribution in [0.15, 0.2) is 23.9 Å². The Morgan fingerprint density at radius 2 is 2.36 bits per heavy atom. The molecule has 3 nitrogen and oxygen atoms in total. The third-order valence-corrected chi connectivity index (χ3v) is 2.00. The van der Waals surface area contributed by atoms with E-state index in [1.165, 1.54) is 0 Å². The van der Waals surface area contributed by atoms with Gasteiger partial charge < -0.3 is 9.64 Å². The number of rotatable bonds is 4. The van der Waals surface area contributed by atoms with Crippen molar-refractivity contribution in [2.75, 3.05) is 26.8 Å².